The molecule has 1 aromatic carbocycles. The van der Waals surface area contributed by atoms with Crippen LogP contribution < -0.4 is 15.8 Å². The van der Waals surface area contributed by atoms with Crippen LogP contribution in [0.3, 0.4) is 0 Å². The average molecular weight is 495 g/mol. The third-order valence-corrected chi connectivity index (χ3v) is 5.16. The summed E-state index contributed by atoms with van der Waals surface area (Å²) in [7, 11) is 0. The molecule has 0 atom stereocenters. The van der Waals surface area contributed by atoms with E-state index in [0.717, 1.165) is 11.8 Å². The molecule has 0 spiro atoms. The van der Waals surface area contributed by atoms with Crippen molar-refractivity contribution in [1.29, 1.82) is 0 Å². The molecular weight excluding hydrogens is 476 g/mol. The Hall–Kier alpha value is -3.51. The summed E-state index contributed by atoms with van der Waals surface area (Å²) >= 11 is 6.97. The van der Waals surface area contributed by atoms with Crippen molar-refractivity contribution in [3.8, 4) is 5.75 Å². The topological polar surface area (TPSA) is 160 Å². The van der Waals surface area contributed by atoms with Crippen molar-refractivity contribution >= 4 is 47.0 Å². The van der Waals surface area contributed by atoms with Gasteiger partial charge in [0.05, 0.1) is 17.4 Å². The van der Waals surface area contributed by atoms with Gasteiger partial charge in [0.2, 0.25) is 11.8 Å². The lowest BCUT2D eigenvalue weighted by molar-refractivity contribution is -0.113. The fourth-order valence-corrected chi connectivity index (χ4v) is 3.43. The summed E-state index contributed by atoms with van der Waals surface area (Å²) in [5.41, 5.74) is 4.97. The monoisotopic (exact) mass is 494 g/mol. The third-order valence-electron chi connectivity index (χ3n) is 4.03. The van der Waals surface area contributed by atoms with E-state index in [4.69, 9.17) is 35.6 Å². The first-order valence-electron chi connectivity index (χ1n) is 9.52. The van der Waals surface area contributed by atoms with Crippen LogP contribution >= 0.6 is 23.4 Å². The highest BCUT2D eigenvalue weighted by molar-refractivity contribution is 7.99. The van der Waals surface area contributed by atoms with E-state index in [-0.39, 0.29) is 52.9 Å². The van der Waals surface area contributed by atoms with E-state index in [1.165, 1.54) is 6.92 Å². The Bertz CT molecular complexity index is 1180. The molecule has 0 radical (unpaired) electrons. The van der Waals surface area contributed by atoms with E-state index < -0.39 is 17.8 Å². The van der Waals surface area contributed by atoms with E-state index in [0.29, 0.717) is 10.8 Å². The Morgan fingerprint density at radius 3 is 2.64 bits per heavy atom. The van der Waals surface area contributed by atoms with Gasteiger partial charge in [-0.15, -0.1) is 10.2 Å². The molecule has 3 aromatic rings. The van der Waals surface area contributed by atoms with Gasteiger partial charge < -0.3 is 24.0 Å². The number of thioether (sulfide) groups is 1. The molecule has 0 saturated carbocycles. The summed E-state index contributed by atoms with van der Waals surface area (Å²) in [5.74, 6) is -1.93. The highest BCUT2D eigenvalue weighted by Gasteiger charge is 2.29. The standard InChI is InChI=1S/C20H19ClN4O7S/c1-3-29-19(28)15-10(2)31-18(16(15)17(22)27)23-13(26)9-33-20-25-24-14(32-20)8-30-12-7-5-4-6-11(12)21/h4-7H,3,8-9H2,1-2H3,(H2,22,27)(H,23,26). The predicted molar refractivity (Wildman–Crippen MR) is 117 cm³/mol. The molecule has 0 aliphatic carbocycles. The molecule has 3 N–H and O–H groups in total. The summed E-state index contributed by atoms with van der Waals surface area (Å²) < 4.78 is 21.2. The third kappa shape index (κ3) is 6.05. The quantitative estimate of drug-likeness (QED) is 0.316. The fourth-order valence-electron chi connectivity index (χ4n) is 2.66. The number of amides is 2. The van der Waals surface area contributed by atoms with E-state index >= 15 is 0 Å². The highest BCUT2D eigenvalue weighted by atomic mass is 35.5. The Balaban J connectivity index is 1.59. The van der Waals surface area contributed by atoms with Gasteiger partial charge in [-0.1, -0.05) is 35.5 Å². The second-order valence-electron chi connectivity index (χ2n) is 6.34. The maximum absolute atomic E-state index is 12.3. The van der Waals surface area contributed by atoms with Gasteiger partial charge >= 0.3 is 5.97 Å². The van der Waals surface area contributed by atoms with Crippen LogP contribution in [0, 0.1) is 6.92 Å². The summed E-state index contributed by atoms with van der Waals surface area (Å²) in [6.07, 6.45) is 0. The minimum Gasteiger partial charge on any atom is -0.482 e. The largest absolute Gasteiger partial charge is 0.482 e. The van der Waals surface area contributed by atoms with Crippen LogP contribution in [0.25, 0.3) is 0 Å². The Morgan fingerprint density at radius 2 is 1.94 bits per heavy atom. The second kappa shape index (κ2) is 10.9. The maximum atomic E-state index is 12.3. The molecular formula is C20H19ClN4O7S. The number of rotatable bonds is 10. The lowest BCUT2D eigenvalue weighted by Crippen LogP contribution is -2.21. The number of nitrogens with two attached hydrogens (primary N) is 1. The van der Waals surface area contributed by atoms with Gasteiger partial charge in [-0.25, -0.2) is 4.79 Å². The summed E-state index contributed by atoms with van der Waals surface area (Å²) in [4.78, 5) is 36.3. The van der Waals surface area contributed by atoms with Crippen LogP contribution in [0.4, 0.5) is 5.88 Å². The zero-order valence-corrected chi connectivity index (χ0v) is 19.1. The number of benzene rings is 1. The number of carbonyl (C=O) groups is 3. The minimum atomic E-state index is -0.946. The first kappa shape index (κ1) is 24.1. The molecule has 33 heavy (non-hydrogen) atoms. The predicted octanol–water partition coefficient (Wildman–Crippen LogP) is 3.21. The number of esters is 1. The molecule has 2 amide bonds. The van der Waals surface area contributed by atoms with Gasteiger partial charge in [0, 0.05) is 0 Å². The number of aromatic nitrogens is 2. The first-order chi connectivity index (χ1) is 15.8. The molecule has 0 aliphatic heterocycles. The number of primary amides is 1. The Kier molecular flexibility index (Phi) is 7.96. The minimum absolute atomic E-state index is 0.00618. The number of aryl methyl sites for hydroxylation is 1. The van der Waals surface area contributed by atoms with Crippen LogP contribution in [0.5, 0.6) is 5.75 Å². The molecule has 0 saturated heterocycles. The molecule has 174 valence electrons. The SMILES string of the molecule is CCOC(=O)c1c(C)oc(NC(=O)CSc2nnc(COc3ccccc3Cl)o2)c1C(N)=O. The van der Waals surface area contributed by atoms with Crippen molar-refractivity contribution < 1.29 is 32.7 Å². The molecule has 0 unspecified atom stereocenters. The van der Waals surface area contributed by atoms with Crippen molar-refractivity contribution in [2.75, 3.05) is 17.7 Å². The smallest absolute Gasteiger partial charge is 0.342 e. The maximum Gasteiger partial charge on any atom is 0.342 e. The Morgan fingerprint density at radius 1 is 1.18 bits per heavy atom. The molecule has 2 heterocycles. The van der Waals surface area contributed by atoms with Crippen molar-refractivity contribution in [1.82, 2.24) is 10.2 Å². The van der Waals surface area contributed by atoms with Gasteiger partial charge in [-0.3, -0.25) is 14.9 Å². The van der Waals surface area contributed by atoms with E-state index in [2.05, 4.69) is 15.5 Å². The van der Waals surface area contributed by atoms with Gasteiger partial charge in [-0.05, 0) is 26.0 Å². The normalized spacial score (nSPS) is 10.6. The lowest BCUT2D eigenvalue weighted by Gasteiger charge is -2.04. The van der Waals surface area contributed by atoms with Crippen molar-refractivity contribution in [3.05, 3.63) is 52.1 Å². The number of hydrogen-bond acceptors (Lipinski definition) is 10. The van der Waals surface area contributed by atoms with Gasteiger partial charge in [-0.2, -0.15) is 0 Å². The molecule has 0 aliphatic rings. The Labute approximate surface area is 196 Å². The molecule has 2 aromatic heterocycles. The molecule has 3 rings (SSSR count). The van der Waals surface area contributed by atoms with Crippen LogP contribution in [0.2, 0.25) is 5.02 Å². The van der Waals surface area contributed by atoms with Gasteiger partial charge in [0.1, 0.15) is 22.6 Å². The summed E-state index contributed by atoms with van der Waals surface area (Å²) in [6, 6.07) is 6.93. The van der Waals surface area contributed by atoms with Crippen LogP contribution in [-0.2, 0) is 16.1 Å². The van der Waals surface area contributed by atoms with Crippen LogP contribution in [0.1, 0.15) is 39.3 Å². The van der Waals surface area contributed by atoms with E-state index in [1.54, 1.807) is 31.2 Å². The zero-order valence-electron chi connectivity index (χ0n) is 17.5. The number of halogens is 1. The molecule has 0 fully saturated rings. The van der Waals surface area contributed by atoms with Gasteiger partial charge in [0.15, 0.2) is 6.61 Å². The summed E-state index contributed by atoms with van der Waals surface area (Å²) in [5, 5.41) is 10.7. The van der Waals surface area contributed by atoms with E-state index in [9.17, 15) is 14.4 Å². The van der Waals surface area contributed by atoms with Crippen molar-refractivity contribution in [2.45, 2.75) is 25.7 Å². The number of nitrogens with one attached hydrogen (secondary N) is 1. The lowest BCUT2D eigenvalue weighted by atomic mass is 10.1. The molecule has 11 nitrogen and oxygen atoms in total. The number of furan rings is 1. The first-order valence-corrected chi connectivity index (χ1v) is 10.9. The molecule has 13 heteroatoms. The average Bonchev–Trinajstić information content (AvgIpc) is 3.35. The zero-order chi connectivity index (χ0) is 24.0. The van der Waals surface area contributed by atoms with Gasteiger partial charge in [0.25, 0.3) is 17.0 Å². The number of anilines is 1. The number of ether oxygens (including phenoxy) is 2. The van der Waals surface area contributed by atoms with E-state index in [1.807, 2.05) is 0 Å². The molecule has 0 bridgehead atoms. The van der Waals surface area contributed by atoms with Crippen LogP contribution in [-0.4, -0.2) is 40.3 Å². The number of carbonyl (C=O) groups excluding carboxylic acids is 3. The number of hydrogen-bond donors (Lipinski definition) is 2. The van der Waals surface area contributed by atoms with Crippen LogP contribution in [0.15, 0.2) is 38.3 Å². The van der Waals surface area contributed by atoms with Crippen molar-refractivity contribution in [2.24, 2.45) is 5.73 Å². The van der Waals surface area contributed by atoms with Crippen molar-refractivity contribution in [3.63, 3.8) is 0 Å². The fraction of sp³-hybridized carbons (Fsp3) is 0.250. The highest BCUT2D eigenvalue weighted by Crippen LogP contribution is 2.28. The number of nitrogens with zero attached hydrogens (tertiary/aromatic N) is 2. The summed E-state index contributed by atoms with van der Waals surface area (Å²) in [6.45, 7) is 3.15. The second-order valence-corrected chi connectivity index (χ2v) is 7.67. The number of para-hydroxylation sites is 1.